The van der Waals surface area contributed by atoms with E-state index in [0.29, 0.717) is 12.5 Å². The molecule has 16 heavy (non-hydrogen) atoms. The van der Waals surface area contributed by atoms with Crippen LogP contribution in [-0.4, -0.2) is 6.61 Å². The predicted molar refractivity (Wildman–Crippen MR) is 66.5 cm³/mol. The summed E-state index contributed by atoms with van der Waals surface area (Å²) in [7, 11) is 0. The quantitative estimate of drug-likeness (QED) is 0.826. The maximum atomic E-state index is 6.41. The summed E-state index contributed by atoms with van der Waals surface area (Å²) in [4.78, 5) is 0. The van der Waals surface area contributed by atoms with Gasteiger partial charge in [-0.15, -0.1) is 0 Å². The van der Waals surface area contributed by atoms with Crippen LogP contribution in [0.3, 0.4) is 0 Å². The van der Waals surface area contributed by atoms with Crippen LogP contribution in [0.25, 0.3) is 0 Å². The highest BCUT2D eigenvalue weighted by Crippen LogP contribution is 2.52. The first-order valence-corrected chi connectivity index (χ1v) is 6.23. The second-order valence-corrected chi connectivity index (χ2v) is 4.69. The minimum atomic E-state index is -0.0802. The van der Waals surface area contributed by atoms with Gasteiger partial charge in [0, 0.05) is 5.54 Å². The third-order valence-electron chi connectivity index (χ3n) is 3.47. The van der Waals surface area contributed by atoms with Crippen LogP contribution in [0.2, 0.25) is 0 Å². The molecule has 2 heteroatoms. The average Bonchev–Trinajstić information content (AvgIpc) is 2.93. The third-order valence-corrected chi connectivity index (χ3v) is 3.47. The van der Waals surface area contributed by atoms with Crippen LogP contribution in [0.4, 0.5) is 0 Å². The summed E-state index contributed by atoms with van der Waals surface area (Å²) in [5.74, 6) is 1.60. The van der Waals surface area contributed by atoms with Gasteiger partial charge in [-0.1, -0.05) is 25.5 Å². The molecule has 1 aliphatic carbocycles. The number of hydrogen-bond donors (Lipinski definition) is 1. The molecule has 1 fully saturated rings. The van der Waals surface area contributed by atoms with E-state index in [-0.39, 0.29) is 5.54 Å². The summed E-state index contributed by atoms with van der Waals surface area (Å²) in [6, 6.07) is 8.25. The Morgan fingerprint density at radius 3 is 2.94 bits per heavy atom. The molecular weight excluding hydrogens is 198 g/mol. The van der Waals surface area contributed by atoms with Crippen LogP contribution in [0.15, 0.2) is 24.3 Å². The SMILES string of the molecule is CCCC1CC1(N)c1cccc(OCC)c1. The van der Waals surface area contributed by atoms with Crippen molar-refractivity contribution in [3.05, 3.63) is 29.8 Å². The van der Waals surface area contributed by atoms with Crippen LogP contribution in [0.5, 0.6) is 5.75 Å². The number of rotatable bonds is 5. The third kappa shape index (κ3) is 2.07. The fourth-order valence-electron chi connectivity index (χ4n) is 2.45. The molecule has 2 N–H and O–H groups in total. The molecule has 0 saturated heterocycles. The van der Waals surface area contributed by atoms with Crippen molar-refractivity contribution in [3.8, 4) is 5.75 Å². The number of ether oxygens (including phenoxy) is 1. The normalized spacial score (nSPS) is 27.8. The van der Waals surface area contributed by atoms with E-state index in [1.54, 1.807) is 0 Å². The molecule has 0 spiro atoms. The maximum absolute atomic E-state index is 6.41. The molecule has 2 atom stereocenters. The highest BCUT2D eigenvalue weighted by Gasteiger charge is 2.51. The fourth-order valence-corrected chi connectivity index (χ4v) is 2.45. The van der Waals surface area contributed by atoms with Crippen molar-refractivity contribution in [3.63, 3.8) is 0 Å². The highest BCUT2D eigenvalue weighted by molar-refractivity contribution is 5.37. The average molecular weight is 219 g/mol. The summed E-state index contributed by atoms with van der Waals surface area (Å²) in [5, 5.41) is 0. The molecule has 2 rings (SSSR count). The van der Waals surface area contributed by atoms with Crippen LogP contribution >= 0.6 is 0 Å². The molecule has 0 heterocycles. The van der Waals surface area contributed by atoms with E-state index in [9.17, 15) is 0 Å². The van der Waals surface area contributed by atoms with Gasteiger partial charge in [0.1, 0.15) is 5.75 Å². The van der Waals surface area contributed by atoms with Crippen molar-refractivity contribution in [1.82, 2.24) is 0 Å². The van der Waals surface area contributed by atoms with Gasteiger partial charge in [0.15, 0.2) is 0 Å². The first kappa shape index (κ1) is 11.5. The van der Waals surface area contributed by atoms with Gasteiger partial charge in [0.05, 0.1) is 6.61 Å². The van der Waals surface area contributed by atoms with Crippen LogP contribution in [0.1, 0.15) is 38.7 Å². The molecule has 0 bridgehead atoms. The van der Waals surface area contributed by atoms with Gasteiger partial charge in [-0.3, -0.25) is 0 Å². The van der Waals surface area contributed by atoms with Gasteiger partial charge in [-0.2, -0.15) is 0 Å². The Balaban J connectivity index is 2.12. The first-order valence-electron chi connectivity index (χ1n) is 6.23. The lowest BCUT2D eigenvalue weighted by Gasteiger charge is -2.13. The number of nitrogens with two attached hydrogens (primary N) is 1. The van der Waals surface area contributed by atoms with E-state index in [4.69, 9.17) is 10.5 Å². The smallest absolute Gasteiger partial charge is 0.119 e. The van der Waals surface area contributed by atoms with Crippen molar-refractivity contribution in [2.24, 2.45) is 11.7 Å². The second kappa shape index (κ2) is 4.46. The van der Waals surface area contributed by atoms with Crippen LogP contribution < -0.4 is 10.5 Å². The zero-order valence-electron chi connectivity index (χ0n) is 10.2. The largest absolute Gasteiger partial charge is 0.494 e. The molecule has 0 aromatic heterocycles. The summed E-state index contributed by atoms with van der Waals surface area (Å²) in [6.45, 7) is 4.93. The fraction of sp³-hybridized carbons (Fsp3) is 0.571. The molecule has 88 valence electrons. The molecular formula is C14H21NO. The predicted octanol–water partition coefficient (Wildman–Crippen LogP) is 3.06. The van der Waals surface area contributed by atoms with E-state index in [1.807, 2.05) is 19.1 Å². The first-order chi connectivity index (χ1) is 7.70. The van der Waals surface area contributed by atoms with E-state index >= 15 is 0 Å². The minimum absolute atomic E-state index is 0.0802. The Hall–Kier alpha value is -1.02. The molecule has 0 amide bonds. The van der Waals surface area contributed by atoms with Gasteiger partial charge < -0.3 is 10.5 Å². The van der Waals surface area contributed by atoms with Crippen LogP contribution in [0, 0.1) is 5.92 Å². The maximum Gasteiger partial charge on any atom is 0.119 e. The molecule has 2 unspecified atom stereocenters. The van der Waals surface area contributed by atoms with E-state index < -0.39 is 0 Å². The van der Waals surface area contributed by atoms with Crippen molar-refractivity contribution in [2.75, 3.05) is 6.61 Å². The molecule has 1 saturated carbocycles. The molecule has 2 nitrogen and oxygen atoms in total. The summed E-state index contributed by atoms with van der Waals surface area (Å²) < 4.78 is 5.51. The van der Waals surface area contributed by atoms with E-state index in [2.05, 4.69) is 19.1 Å². The molecule has 1 aromatic rings. The zero-order valence-corrected chi connectivity index (χ0v) is 10.2. The standard InChI is InChI=1S/C14H21NO/c1-3-6-12-10-14(12,15)11-7-5-8-13(9-11)16-4-2/h5,7-9,12H,3-4,6,10,15H2,1-2H3. The Kier molecular flexibility index (Phi) is 3.20. The van der Waals surface area contributed by atoms with Gasteiger partial charge in [0.2, 0.25) is 0 Å². The van der Waals surface area contributed by atoms with Gasteiger partial charge in [-0.25, -0.2) is 0 Å². The monoisotopic (exact) mass is 219 g/mol. The lowest BCUT2D eigenvalue weighted by Crippen LogP contribution is -2.22. The van der Waals surface area contributed by atoms with Crippen molar-refractivity contribution in [2.45, 2.75) is 38.6 Å². The zero-order chi connectivity index (χ0) is 11.6. The van der Waals surface area contributed by atoms with E-state index in [0.717, 1.165) is 12.2 Å². The summed E-state index contributed by atoms with van der Waals surface area (Å²) >= 11 is 0. The molecule has 0 aliphatic heterocycles. The van der Waals surface area contributed by atoms with Gasteiger partial charge in [-0.05, 0) is 43.4 Å². The lowest BCUT2D eigenvalue weighted by molar-refractivity contribution is 0.339. The topological polar surface area (TPSA) is 35.2 Å². The molecule has 1 aliphatic rings. The Labute approximate surface area is 97.8 Å². The summed E-state index contributed by atoms with van der Waals surface area (Å²) in [5.41, 5.74) is 7.56. The Morgan fingerprint density at radius 1 is 1.44 bits per heavy atom. The van der Waals surface area contributed by atoms with Crippen molar-refractivity contribution >= 4 is 0 Å². The Bertz CT molecular complexity index is 364. The van der Waals surface area contributed by atoms with Gasteiger partial charge in [0.25, 0.3) is 0 Å². The molecule has 1 aromatic carbocycles. The molecule has 0 radical (unpaired) electrons. The Morgan fingerprint density at radius 2 is 2.25 bits per heavy atom. The second-order valence-electron chi connectivity index (χ2n) is 4.69. The van der Waals surface area contributed by atoms with Crippen molar-refractivity contribution in [1.29, 1.82) is 0 Å². The highest BCUT2D eigenvalue weighted by atomic mass is 16.5. The minimum Gasteiger partial charge on any atom is -0.494 e. The van der Waals surface area contributed by atoms with E-state index in [1.165, 1.54) is 18.4 Å². The van der Waals surface area contributed by atoms with Gasteiger partial charge >= 0.3 is 0 Å². The number of hydrogen-bond acceptors (Lipinski definition) is 2. The number of benzene rings is 1. The van der Waals surface area contributed by atoms with Crippen LogP contribution in [-0.2, 0) is 5.54 Å². The lowest BCUT2D eigenvalue weighted by atomic mass is 10.0. The summed E-state index contributed by atoms with van der Waals surface area (Å²) in [6.07, 6.45) is 3.57. The van der Waals surface area contributed by atoms with Crippen molar-refractivity contribution < 1.29 is 4.74 Å².